The van der Waals surface area contributed by atoms with Crippen LogP contribution in [0.5, 0.6) is 0 Å². The van der Waals surface area contributed by atoms with Gasteiger partial charge in [-0.3, -0.25) is 4.68 Å². The lowest BCUT2D eigenvalue weighted by atomic mass is 10.1. The number of hydrogen-bond acceptors (Lipinski definition) is 3. The third-order valence-corrected chi connectivity index (χ3v) is 6.60. The highest BCUT2D eigenvalue weighted by atomic mass is 16.5. The molecule has 1 atom stereocenters. The molecule has 1 aliphatic rings. The molecule has 0 amide bonds. The molecule has 4 aromatic rings. The van der Waals surface area contributed by atoms with Crippen LogP contribution in [0.15, 0.2) is 97.1 Å². The highest BCUT2D eigenvalue weighted by molar-refractivity contribution is 5.68. The molecule has 0 bridgehead atoms. The van der Waals surface area contributed by atoms with E-state index in [1.165, 1.54) is 37.9 Å². The van der Waals surface area contributed by atoms with Crippen LogP contribution in [0.2, 0.25) is 0 Å². The van der Waals surface area contributed by atoms with Crippen molar-refractivity contribution < 1.29 is 4.74 Å². The number of likely N-dealkylation sites (tertiary alicyclic amines) is 1. The van der Waals surface area contributed by atoms with Gasteiger partial charge in [-0.05, 0) is 43.1 Å². The summed E-state index contributed by atoms with van der Waals surface area (Å²) in [6, 6.07) is 33.7. The van der Waals surface area contributed by atoms with Gasteiger partial charge in [-0.2, -0.15) is 5.10 Å². The maximum atomic E-state index is 6.54. The van der Waals surface area contributed by atoms with Gasteiger partial charge >= 0.3 is 0 Å². The number of ether oxygens (including phenoxy) is 1. The van der Waals surface area contributed by atoms with Gasteiger partial charge in [0.2, 0.25) is 0 Å². The molecule has 1 aliphatic heterocycles. The zero-order valence-electron chi connectivity index (χ0n) is 19.7. The molecule has 3 aromatic carbocycles. The molecule has 0 saturated carbocycles. The van der Waals surface area contributed by atoms with E-state index in [4.69, 9.17) is 9.84 Å². The van der Waals surface area contributed by atoms with Crippen LogP contribution in [0, 0.1) is 0 Å². The monoisotopic (exact) mass is 451 g/mol. The summed E-state index contributed by atoms with van der Waals surface area (Å²) in [5.41, 5.74) is 5.58. The minimum absolute atomic E-state index is 0.0584. The Balaban J connectivity index is 1.41. The maximum Gasteiger partial charge on any atom is 0.102 e. The van der Waals surface area contributed by atoms with E-state index in [0.29, 0.717) is 6.54 Å². The molecule has 1 fully saturated rings. The summed E-state index contributed by atoms with van der Waals surface area (Å²) in [4.78, 5) is 2.53. The first-order valence-corrected chi connectivity index (χ1v) is 12.4. The molecule has 4 heteroatoms. The molecule has 0 N–H and O–H groups in total. The Kier molecular flexibility index (Phi) is 7.49. The van der Waals surface area contributed by atoms with E-state index < -0.39 is 0 Å². The largest absolute Gasteiger partial charge is 0.370 e. The van der Waals surface area contributed by atoms with E-state index in [1.54, 1.807) is 0 Å². The summed E-state index contributed by atoms with van der Waals surface area (Å²) < 4.78 is 8.66. The Morgan fingerprint density at radius 1 is 0.735 bits per heavy atom. The van der Waals surface area contributed by atoms with E-state index in [1.807, 2.05) is 6.07 Å². The Labute approximate surface area is 202 Å². The summed E-state index contributed by atoms with van der Waals surface area (Å²) in [6.45, 7) is 4.77. The van der Waals surface area contributed by atoms with Crippen LogP contribution in [-0.2, 0) is 11.3 Å². The van der Waals surface area contributed by atoms with Crippen molar-refractivity contribution in [1.82, 2.24) is 14.7 Å². The fourth-order valence-electron chi connectivity index (χ4n) is 4.73. The Morgan fingerprint density at radius 3 is 2.03 bits per heavy atom. The fourth-order valence-corrected chi connectivity index (χ4v) is 4.73. The summed E-state index contributed by atoms with van der Waals surface area (Å²) in [6.07, 6.45) is 3.91. The molecule has 0 radical (unpaired) electrons. The van der Waals surface area contributed by atoms with E-state index in [-0.39, 0.29) is 6.10 Å². The highest BCUT2D eigenvalue weighted by Crippen LogP contribution is 2.29. The van der Waals surface area contributed by atoms with Gasteiger partial charge in [-0.15, -0.1) is 0 Å². The van der Waals surface area contributed by atoms with Crippen LogP contribution in [0.4, 0.5) is 0 Å². The van der Waals surface area contributed by atoms with Gasteiger partial charge in [0, 0.05) is 12.1 Å². The number of piperidine rings is 1. The van der Waals surface area contributed by atoms with E-state index in [9.17, 15) is 0 Å². The molecule has 5 rings (SSSR count). The Bertz CT molecular complexity index is 1140. The molecule has 4 nitrogen and oxygen atoms in total. The lowest BCUT2D eigenvalue weighted by molar-refractivity contribution is 0.0219. The molecule has 34 heavy (non-hydrogen) atoms. The van der Waals surface area contributed by atoms with E-state index in [2.05, 4.69) is 101 Å². The van der Waals surface area contributed by atoms with E-state index in [0.717, 1.165) is 35.7 Å². The van der Waals surface area contributed by atoms with Crippen molar-refractivity contribution in [3.63, 3.8) is 0 Å². The van der Waals surface area contributed by atoms with Crippen molar-refractivity contribution >= 4 is 0 Å². The van der Waals surface area contributed by atoms with Crippen LogP contribution in [-0.4, -0.2) is 40.9 Å². The number of aromatic nitrogens is 2. The van der Waals surface area contributed by atoms with Crippen molar-refractivity contribution in [3.05, 3.63) is 103 Å². The molecule has 0 spiro atoms. The molecule has 2 heterocycles. The van der Waals surface area contributed by atoms with Gasteiger partial charge in [0.15, 0.2) is 0 Å². The summed E-state index contributed by atoms with van der Waals surface area (Å²) in [5, 5.41) is 5.05. The SMILES string of the molecule is c1ccc(-c2cc(-c3ccccc3)n(CC(OCCN3CCCCC3)c3ccccc3)n2)cc1. The summed E-state index contributed by atoms with van der Waals surface area (Å²) in [5.74, 6) is 0. The second-order valence-corrected chi connectivity index (χ2v) is 9.00. The van der Waals surface area contributed by atoms with Crippen molar-refractivity contribution in [2.45, 2.75) is 31.9 Å². The minimum atomic E-state index is -0.0584. The third kappa shape index (κ3) is 5.64. The van der Waals surface area contributed by atoms with Gasteiger partial charge in [0.25, 0.3) is 0 Å². The Hall–Kier alpha value is -3.21. The smallest absolute Gasteiger partial charge is 0.102 e. The molecule has 1 aromatic heterocycles. The molecule has 0 aliphatic carbocycles. The summed E-state index contributed by atoms with van der Waals surface area (Å²) in [7, 11) is 0. The van der Waals surface area contributed by atoms with Crippen molar-refractivity contribution in [3.8, 4) is 22.5 Å². The zero-order chi connectivity index (χ0) is 23.0. The number of nitrogens with zero attached hydrogens (tertiary/aromatic N) is 3. The predicted molar refractivity (Wildman–Crippen MR) is 139 cm³/mol. The molecular weight excluding hydrogens is 418 g/mol. The van der Waals surface area contributed by atoms with Crippen LogP contribution < -0.4 is 0 Å². The standard InChI is InChI=1S/C30H33N3O/c1-5-13-25(14-6-1)28-23-29(26-15-7-2-8-16-26)33(31-28)24-30(27-17-9-3-10-18-27)34-22-21-32-19-11-4-12-20-32/h1-3,5-10,13-18,23,30H,4,11-12,19-22,24H2. The van der Waals surface area contributed by atoms with Gasteiger partial charge in [-0.25, -0.2) is 0 Å². The quantitative estimate of drug-likeness (QED) is 0.292. The maximum absolute atomic E-state index is 6.54. The number of hydrogen-bond donors (Lipinski definition) is 0. The van der Waals surface area contributed by atoms with Crippen molar-refractivity contribution in [2.24, 2.45) is 0 Å². The van der Waals surface area contributed by atoms with Gasteiger partial charge in [-0.1, -0.05) is 97.4 Å². The fraction of sp³-hybridized carbons (Fsp3) is 0.300. The molecular formula is C30H33N3O. The first kappa shape index (κ1) is 22.6. The minimum Gasteiger partial charge on any atom is -0.370 e. The Morgan fingerprint density at radius 2 is 1.35 bits per heavy atom. The average Bonchev–Trinajstić information content (AvgIpc) is 3.34. The van der Waals surface area contributed by atoms with E-state index >= 15 is 0 Å². The first-order chi connectivity index (χ1) is 16.9. The van der Waals surface area contributed by atoms with Crippen molar-refractivity contribution in [2.75, 3.05) is 26.2 Å². The molecule has 1 saturated heterocycles. The average molecular weight is 452 g/mol. The normalized spacial score (nSPS) is 15.3. The van der Waals surface area contributed by atoms with Crippen LogP contribution in [0.1, 0.15) is 30.9 Å². The predicted octanol–water partition coefficient (Wildman–Crippen LogP) is 6.46. The second kappa shape index (κ2) is 11.3. The van der Waals surface area contributed by atoms with Gasteiger partial charge < -0.3 is 9.64 Å². The number of rotatable bonds is 9. The molecule has 1 unspecified atom stereocenters. The van der Waals surface area contributed by atoms with Gasteiger partial charge in [0.05, 0.1) is 24.5 Å². The topological polar surface area (TPSA) is 30.3 Å². The third-order valence-electron chi connectivity index (χ3n) is 6.60. The lowest BCUT2D eigenvalue weighted by Gasteiger charge is -2.27. The summed E-state index contributed by atoms with van der Waals surface area (Å²) >= 11 is 0. The highest BCUT2D eigenvalue weighted by Gasteiger charge is 2.19. The lowest BCUT2D eigenvalue weighted by Crippen LogP contribution is -2.33. The first-order valence-electron chi connectivity index (χ1n) is 12.4. The van der Waals surface area contributed by atoms with Gasteiger partial charge in [0.1, 0.15) is 6.10 Å². The number of benzene rings is 3. The van der Waals surface area contributed by atoms with Crippen LogP contribution in [0.25, 0.3) is 22.5 Å². The van der Waals surface area contributed by atoms with Crippen LogP contribution >= 0.6 is 0 Å². The van der Waals surface area contributed by atoms with Crippen LogP contribution in [0.3, 0.4) is 0 Å². The zero-order valence-corrected chi connectivity index (χ0v) is 19.7. The second-order valence-electron chi connectivity index (χ2n) is 9.00. The molecule has 174 valence electrons. The van der Waals surface area contributed by atoms with Crippen molar-refractivity contribution in [1.29, 1.82) is 0 Å².